The maximum atomic E-state index is 12.8. The van der Waals surface area contributed by atoms with E-state index in [-0.39, 0.29) is 0 Å². The second-order valence-corrected chi connectivity index (χ2v) is 23.0. The SMILES string of the molecule is COC(=O)c1nc(N2CCCc3c2nnc(/N=c2\sc4ccccc4n2COCC[Si](C)(C)C)c3C)sc1CCCOc1ccc(I)cc1Br. The van der Waals surface area contributed by atoms with Crippen molar-refractivity contribution in [3.05, 3.63) is 77.0 Å². The number of aromatic nitrogens is 4. The summed E-state index contributed by atoms with van der Waals surface area (Å²) in [6.45, 7) is 11.5. The highest BCUT2D eigenvalue weighted by molar-refractivity contribution is 14.1. The summed E-state index contributed by atoms with van der Waals surface area (Å²) in [6, 6.07) is 15.4. The topological polar surface area (TPSA) is 104 Å². The van der Waals surface area contributed by atoms with Crippen LogP contribution >= 0.6 is 61.2 Å². The molecule has 0 unspecified atom stereocenters. The van der Waals surface area contributed by atoms with Crippen LogP contribution in [0.5, 0.6) is 5.75 Å². The van der Waals surface area contributed by atoms with E-state index in [1.54, 1.807) is 11.3 Å². The molecule has 0 spiro atoms. The van der Waals surface area contributed by atoms with Gasteiger partial charge in [0.25, 0.3) is 0 Å². The Morgan fingerprint density at radius 2 is 1.94 bits per heavy atom. The minimum atomic E-state index is -1.20. The number of para-hydroxylation sites is 1. The Bertz CT molecular complexity index is 2080. The molecule has 0 aliphatic carbocycles. The minimum Gasteiger partial charge on any atom is -0.492 e. The molecule has 10 nitrogen and oxygen atoms in total. The van der Waals surface area contributed by atoms with Crippen LogP contribution in [-0.4, -0.2) is 60.7 Å². The lowest BCUT2D eigenvalue weighted by Gasteiger charge is -2.28. The van der Waals surface area contributed by atoms with E-state index in [9.17, 15) is 4.79 Å². The molecule has 1 aliphatic heterocycles. The Kier molecular flexibility index (Phi) is 12.1. The van der Waals surface area contributed by atoms with Crippen LogP contribution < -0.4 is 14.4 Å². The Labute approximate surface area is 323 Å². The number of ether oxygens (including phenoxy) is 3. The highest BCUT2D eigenvalue weighted by Gasteiger charge is 2.28. The number of esters is 1. The molecule has 0 N–H and O–H groups in total. The van der Waals surface area contributed by atoms with Gasteiger partial charge in [-0.25, -0.2) is 9.78 Å². The van der Waals surface area contributed by atoms with E-state index in [1.807, 2.05) is 30.3 Å². The Balaban J connectivity index is 1.25. The molecule has 15 heteroatoms. The Morgan fingerprint density at radius 1 is 1.12 bits per heavy atom. The lowest BCUT2D eigenvalue weighted by Crippen LogP contribution is -2.27. The van der Waals surface area contributed by atoms with Crippen molar-refractivity contribution in [3.8, 4) is 5.75 Å². The number of carbonyl (C=O) groups is 1. The molecule has 0 amide bonds. The zero-order chi connectivity index (χ0) is 35.4. The minimum absolute atomic E-state index is 0.341. The predicted octanol–water partition coefficient (Wildman–Crippen LogP) is 9.05. The van der Waals surface area contributed by atoms with Gasteiger partial charge < -0.3 is 19.1 Å². The van der Waals surface area contributed by atoms with E-state index in [1.165, 1.54) is 18.4 Å². The molecular formula is C35H40BrIN6O4S2Si. The third kappa shape index (κ3) is 8.66. The molecule has 6 rings (SSSR count). The van der Waals surface area contributed by atoms with Gasteiger partial charge in [-0.2, -0.15) is 4.99 Å². The van der Waals surface area contributed by atoms with Crippen LogP contribution in [0.25, 0.3) is 10.2 Å². The molecule has 0 saturated heterocycles. The van der Waals surface area contributed by atoms with E-state index in [2.05, 4.69) is 91.8 Å². The van der Waals surface area contributed by atoms with Crippen molar-refractivity contribution < 1.29 is 19.0 Å². The number of thiazole rings is 2. The third-order valence-electron chi connectivity index (χ3n) is 8.36. The van der Waals surface area contributed by atoms with Crippen molar-refractivity contribution >= 4 is 102 Å². The number of aryl methyl sites for hydroxylation is 1. The summed E-state index contributed by atoms with van der Waals surface area (Å²) in [5.41, 5.74) is 3.52. The standard InChI is InChI=1S/C35H40BrIN6O4S2Si/c1-22-24-10-8-16-42(34-38-30(33(44)45-2)29(49-34)13-9-17-47-27-15-14-23(37)20-25(27)36)32(24)41-40-31(22)39-35-43(21-46-18-19-50(3,4)5)26-11-6-7-12-28(26)48-35/h6-7,11-12,14-15,20H,8-10,13,16-19,21H2,1-5H3/b39-35-. The average molecular weight is 908 g/mol. The van der Waals surface area contributed by atoms with Crippen molar-refractivity contribution in [1.29, 1.82) is 0 Å². The molecule has 4 heterocycles. The summed E-state index contributed by atoms with van der Waals surface area (Å²) in [7, 11) is 0.185. The molecule has 0 radical (unpaired) electrons. The van der Waals surface area contributed by atoms with Crippen molar-refractivity contribution in [2.75, 3.05) is 31.8 Å². The summed E-state index contributed by atoms with van der Waals surface area (Å²) in [5, 5.41) is 10.1. The van der Waals surface area contributed by atoms with Crippen LogP contribution in [0.2, 0.25) is 25.7 Å². The fraction of sp³-hybridized carbons (Fsp3) is 0.400. The Morgan fingerprint density at radius 3 is 2.72 bits per heavy atom. The van der Waals surface area contributed by atoms with Crippen LogP contribution in [0.15, 0.2) is 51.9 Å². The average Bonchev–Trinajstić information content (AvgIpc) is 3.67. The fourth-order valence-corrected chi connectivity index (χ4v) is 9.91. The lowest BCUT2D eigenvalue weighted by molar-refractivity contribution is 0.0593. The number of halogens is 2. The second-order valence-electron chi connectivity index (χ2n) is 13.2. The quantitative estimate of drug-likeness (QED) is 0.0500. The van der Waals surface area contributed by atoms with Gasteiger partial charge in [0, 0.05) is 40.8 Å². The molecule has 264 valence electrons. The Hall–Kier alpha value is -2.70. The van der Waals surface area contributed by atoms with Crippen molar-refractivity contribution in [2.24, 2.45) is 4.99 Å². The van der Waals surface area contributed by atoms with Gasteiger partial charge in [-0.3, -0.25) is 4.57 Å². The van der Waals surface area contributed by atoms with Crippen LogP contribution in [0, 0.1) is 10.5 Å². The molecule has 0 fully saturated rings. The van der Waals surface area contributed by atoms with E-state index < -0.39 is 14.0 Å². The zero-order valence-corrected chi connectivity index (χ0v) is 35.2. The number of rotatable bonds is 13. The lowest BCUT2D eigenvalue weighted by atomic mass is 10.0. The monoisotopic (exact) mass is 906 g/mol. The van der Waals surface area contributed by atoms with Crippen molar-refractivity contribution in [3.63, 3.8) is 0 Å². The summed E-state index contributed by atoms with van der Waals surface area (Å²) < 4.78 is 22.6. The van der Waals surface area contributed by atoms with Gasteiger partial charge in [0.05, 0.1) is 28.4 Å². The predicted molar refractivity (Wildman–Crippen MR) is 215 cm³/mol. The summed E-state index contributed by atoms with van der Waals surface area (Å²) in [5.74, 6) is 1.71. The van der Waals surface area contributed by atoms with E-state index in [0.717, 1.165) is 82.7 Å². The maximum absolute atomic E-state index is 12.8. The summed E-state index contributed by atoms with van der Waals surface area (Å²) in [4.78, 5) is 26.4. The van der Waals surface area contributed by atoms with Gasteiger partial charge in [-0.15, -0.1) is 21.5 Å². The number of methoxy groups -OCH3 is 1. The number of carbonyl (C=O) groups excluding carboxylic acids is 1. The number of hydrogen-bond acceptors (Lipinski definition) is 11. The zero-order valence-electron chi connectivity index (χ0n) is 28.8. The highest BCUT2D eigenvalue weighted by atomic mass is 127. The van der Waals surface area contributed by atoms with Gasteiger partial charge in [0.1, 0.15) is 12.5 Å². The van der Waals surface area contributed by atoms with Crippen LogP contribution in [0.1, 0.15) is 39.3 Å². The smallest absolute Gasteiger partial charge is 0.357 e. The van der Waals surface area contributed by atoms with Crippen LogP contribution in [0.3, 0.4) is 0 Å². The number of anilines is 2. The maximum Gasteiger partial charge on any atom is 0.357 e. The van der Waals surface area contributed by atoms with Gasteiger partial charge in [-0.05, 0) is 108 Å². The van der Waals surface area contributed by atoms with E-state index >= 15 is 0 Å². The van der Waals surface area contributed by atoms with Gasteiger partial charge in [0.15, 0.2) is 27.3 Å². The first kappa shape index (κ1) is 37.1. The molecule has 3 aromatic heterocycles. The fourth-order valence-electron chi connectivity index (χ4n) is 5.60. The van der Waals surface area contributed by atoms with E-state index in [0.29, 0.717) is 42.8 Å². The molecule has 5 aromatic rings. The number of hydrogen-bond donors (Lipinski definition) is 0. The third-order valence-corrected chi connectivity index (χ3v) is 13.6. The first-order valence-electron chi connectivity index (χ1n) is 16.5. The van der Waals surface area contributed by atoms with Gasteiger partial charge in [0.2, 0.25) is 0 Å². The summed E-state index contributed by atoms with van der Waals surface area (Å²) in [6.07, 6.45) is 3.11. The largest absolute Gasteiger partial charge is 0.492 e. The molecular weight excluding hydrogens is 867 g/mol. The number of benzene rings is 2. The van der Waals surface area contributed by atoms with Crippen molar-refractivity contribution in [1.82, 2.24) is 19.7 Å². The highest BCUT2D eigenvalue weighted by Crippen LogP contribution is 2.39. The molecule has 2 aromatic carbocycles. The molecule has 0 bridgehead atoms. The first-order chi connectivity index (χ1) is 24.0. The summed E-state index contributed by atoms with van der Waals surface area (Å²) >= 11 is 8.96. The second kappa shape index (κ2) is 16.3. The number of nitrogens with zero attached hydrogens (tertiary/aromatic N) is 6. The molecule has 50 heavy (non-hydrogen) atoms. The van der Waals surface area contributed by atoms with E-state index in [4.69, 9.17) is 29.3 Å². The van der Waals surface area contributed by atoms with Crippen LogP contribution in [0.4, 0.5) is 16.8 Å². The van der Waals surface area contributed by atoms with Crippen molar-refractivity contribution in [2.45, 2.75) is 65.0 Å². The molecule has 0 atom stereocenters. The molecule has 0 saturated carbocycles. The van der Waals surface area contributed by atoms with Gasteiger partial charge in [-0.1, -0.05) is 43.1 Å². The normalized spacial score (nSPS) is 13.6. The van der Waals surface area contributed by atoms with Crippen LogP contribution in [-0.2, 0) is 29.0 Å². The first-order valence-corrected chi connectivity index (χ1v) is 23.7. The van der Waals surface area contributed by atoms with Gasteiger partial charge >= 0.3 is 5.97 Å². The number of fused-ring (bicyclic) bond motifs is 2. The molecule has 1 aliphatic rings.